The van der Waals surface area contributed by atoms with Crippen LogP contribution in [-0.4, -0.2) is 11.7 Å². The van der Waals surface area contributed by atoms with Crippen LogP contribution in [0.25, 0.3) is 11.0 Å². The van der Waals surface area contributed by atoms with Gasteiger partial charge in [0.15, 0.2) is 0 Å². The summed E-state index contributed by atoms with van der Waals surface area (Å²) in [6.45, 7) is 1.86. The number of anilines is 1. The van der Waals surface area contributed by atoms with Gasteiger partial charge in [0, 0.05) is 41.0 Å². The Balaban J connectivity index is 1.54. The first-order chi connectivity index (χ1) is 12.0. The molecule has 2 aliphatic rings. The highest BCUT2D eigenvalue weighted by Gasteiger charge is 2.41. The van der Waals surface area contributed by atoms with E-state index in [9.17, 15) is 14.4 Å². The van der Waals surface area contributed by atoms with Crippen molar-refractivity contribution in [1.29, 1.82) is 0 Å². The lowest BCUT2D eigenvalue weighted by atomic mass is 9.67. The van der Waals surface area contributed by atoms with Crippen molar-refractivity contribution >= 4 is 28.3 Å². The summed E-state index contributed by atoms with van der Waals surface area (Å²) in [4.78, 5) is 36.4. The highest BCUT2D eigenvalue weighted by Crippen LogP contribution is 2.40. The smallest absolute Gasteiger partial charge is 0.336 e. The Morgan fingerprint density at radius 2 is 1.84 bits per heavy atom. The molecule has 0 saturated heterocycles. The van der Waals surface area contributed by atoms with Gasteiger partial charge in [-0.05, 0) is 50.3 Å². The van der Waals surface area contributed by atoms with Gasteiger partial charge in [-0.1, -0.05) is 6.42 Å². The van der Waals surface area contributed by atoms with Gasteiger partial charge in [0.05, 0.1) is 0 Å². The first-order valence-corrected chi connectivity index (χ1v) is 8.90. The molecule has 2 saturated carbocycles. The zero-order chi connectivity index (χ0) is 17.6. The Morgan fingerprint density at radius 3 is 2.56 bits per heavy atom. The van der Waals surface area contributed by atoms with Gasteiger partial charge in [-0.25, -0.2) is 4.79 Å². The molecular weight excluding hydrogens is 318 g/mol. The van der Waals surface area contributed by atoms with E-state index in [-0.39, 0.29) is 23.7 Å². The summed E-state index contributed by atoms with van der Waals surface area (Å²) in [5.74, 6) is 0.311. The molecule has 4 rings (SSSR count). The van der Waals surface area contributed by atoms with Gasteiger partial charge in [-0.15, -0.1) is 0 Å². The Labute approximate surface area is 145 Å². The standard InChI is InChI=1S/C20H21NO4/c1-11-7-18(22)25-17-10-15(5-6-16(11)17)21-20(24)14-8-12-3-2-4-13(9-14)19(12)23/h5-7,10,12-14H,2-4,8-9H2,1H3,(H,21,24). The van der Waals surface area contributed by atoms with Crippen LogP contribution in [0.2, 0.25) is 0 Å². The number of carbonyl (C=O) groups is 2. The number of carbonyl (C=O) groups excluding carboxylic acids is 2. The maximum absolute atomic E-state index is 12.7. The maximum atomic E-state index is 12.7. The van der Waals surface area contributed by atoms with E-state index in [0.29, 0.717) is 29.9 Å². The van der Waals surface area contributed by atoms with Crippen LogP contribution in [0.4, 0.5) is 5.69 Å². The number of ketones is 1. The lowest BCUT2D eigenvalue weighted by molar-refractivity contribution is -0.136. The van der Waals surface area contributed by atoms with Crippen LogP contribution < -0.4 is 10.9 Å². The summed E-state index contributed by atoms with van der Waals surface area (Å²) in [7, 11) is 0. The number of rotatable bonds is 2. The van der Waals surface area contributed by atoms with E-state index in [0.717, 1.165) is 30.2 Å². The number of benzene rings is 1. The van der Waals surface area contributed by atoms with E-state index in [1.165, 1.54) is 6.07 Å². The molecule has 2 bridgehead atoms. The topological polar surface area (TPSA) is 76.4 Å². The zero-order valence-corrected chi connectivity index (χ0v) is 14.2. The lowest BCUT2D eigenvalue weighted by Gasteiger charge is -2.36. The largest absolute Gasteiger partial charge is 0.423 e. The molecule has 5 nitrogen and oxygen atoms in total. The molecule has 0 radical (unpaired) electrons. The second kappa shape index (κ2) is 6.14. The molecule has 130 valence electrons. The van der Waals surface area contributed by atoms with Crippen molar-refractivity contribution in [2.75, 3.05) is 5.32 Å². The number of Topliss-reactive ketones (excluding diaryl/α,β-unsaturated/α-hetero) is 1. The third kappa shape index (κ3) is 2.99. The molecule has 2 atom stereocenters. The monoisotopic (exact) mass is 339 g/mol. The summed E-state index contributed by atoms with van der Waals surface area (Å²) in [6, 6.07) is 6.82. The van der Waals surface area contributed by atoms with Gasteiger partial charge < -0.3 is 9.73 Å². The van der Waals surface area contributed by atoms with E-state index < -0.39 is 5.63 Å². The normalized spacial score (nSPS) is 25.8. The number of hydrogen-bond acceptors (Lipinski definition) is 4. The van der Waals surface area contributed by atoms with Crippen molar-refractivity contribution in [2.24, 2.45) is 17.8 Å². The number of aryl methyl sites for hydroxylation is 1. The Hall–Kier alpha value is -2.43. The third-order valence-electron chi connectivity index (χ3n) is 5.64. The van der Waals surface area contributed by atoms with Gasteiger partial charge >= 0.3 is 5.63 Å². The van der Waals surface area contributed by atoms with E-state index in [2.05, 4.69) is 5.32 Å². The number of hydrogen-bond donors (Lipinski definition) is 1. The van der Waals surface area contributed by atoms with E-state index in [1.54, 1.807) is 6.07 Å². The minimum Gasteiger partial charge on any atom is -0.423 e. The van der Waals surface area contributed by atoms with Crippen LogP contribution in [0, 0.1) is 24.7 Å². The molecule has 2 unspecified atom stereocenters. The summed E-state index contributed by atoms with van der Waals surface area (Å²) < 4.78 is 5.23. The van der Waals surface area contributed by atoms with Crippen molar-refractivity contribution in [3.05, 3.63) is 40.2 Å². The second-order valence-electron chi connectivity index (χ2n) is 7.34. The molecule has 1 aromatic carbocycles. The zero-order valence-electron chi connectivity index (χ0n) is 14.2. The molecule has 2 aliphatic carbocycles. The highest BCUT2D eigenvalue weighted by molar-refractivity contribution is 5.96. The molecule has 0 spiro atoms. The number of fused-ring (bicyclic) bond motifs is 3. The molecule has 5 heteroatoms. The summed E-state index contributed by atoms with van der Waals surface area (Å²) >= 11 is 0. The summed E-state index contributed by atoms with van der Waals surface area (Å²) in [5.41, 5.74) is 1.54. The molecule has 1 aromatic heterocycles. The molecular formula is C20H21NO4. The lowest BCUT2D eigenvalue weighted by Crippen LogP contribution is -2.40. The minimum atomic E-state index is -0.396. The van der Waals surface area contributed by atoms with E-state index in [4.69, 9.17) is 4.42 Å². The summed E-state index contributed by atoms with van der Waals surface area (Å²) in [6.07, 6.45) is 4.24. The van der Waals surface area contributed by atoms with Gasteiger partial charge in [-0.2, -0.15) is 0 Å². The van der Waals surface area contributed by atoms with Crippen LogP contribution in [-0.2, 0) is 9.59 Å². The van der Waals surface area contributed by atoms with Gasteiger partial charge in [0.1, 0.15) is 11.4 Å². The highest BCUT2D eigenvalue weighted by atomic mass is 16.4. The van der Waals surface area contributed by atoms with Crippen LogP contribution in [0.1, 0.15) is 37.7 Å². The Morgan fingerprint density at radius 1 is 1.12 bits per heavy atom. The summed E-state index contributed by atoms with van der Waals surface area (Å²) in [5, 5.41) is 3.79. The second-order valence-corrected chi connectivity index (χ2v) is 7.34. The molecule has 1 heterocycles. The van der Waals surface area contributed by atoms with Crippen molar-refractivity contribution in [1.82, 2.24) is 0 Å². The molecule has 2 aromatic rings. The SMILES string of the molecule is Cc1cc(=O)oc2cc(NC(=O)C3CC4CCCC(C3)C4=O)ccc12. The quantitative estimate of drug-likeness (QED) is 0.851. The first-order valence-electron chi connectivity index (χ1n) is 8.90. The van der Waals surface area contributed by atoms with Crippen LogP contribution in [0.3, 0.4) is 0 Å². The Bertz CT molecular complexity index is 898. The van der Waals surface area contributed by atoms with Gasteiger partial charge in [0.2, 0.25) is 5.91 Å². The van der Waals surface area contributed by atoms with Crippen LogP contribution >= 0.6 is 0 Å². The van der Waals surface area contributed by atoms with Gasteiger partial charge in [0.25, 0.3) is 0 Å². The predicted molar refractivity (Wildman–Crippen MR) is 94.4 cm³/mol. The Kier molecular flexibility index (Phi) is 3.94. The predicted octanol–water partition coefficient (Wildman–Crippen LogP) is 3.44. The third-order valence-corrected chi connectivity index (χ3v) is 5.64. The van der Waals surface area contributed by atoms with Crippen LogP contribution in [0.15, 0.2) is 33.5 Å². The molecule has 1 amide bonds. The van der Waals surface area contributed by atoms with E-state index >= 15 is 0 Å². The van der Waals surface area contributed by atoms with Crippen molar-refractivity contribution in [2.45, 2.75) is 39.0 Å². The number of nitrogens with one attached hydrogen (secondary N) is 1. The molecule has 0 aliphatic heterocycles. The van der Waals surface area contributed by atoms with Crippen molar-refractivity contribution in [3.63, 3.8) is 0 Å². The maximum Gasteiger partial charge on any atom is 0.336 e. The average molecular weight is 339 g/mol. The first kappa shape index (κ1) is 16.1. The van der Waals surface area contributed by atoms with Crippen molar-refractivity contribution < 1.29 is 14.0 Å². The number of amides is 1. The fourth-order valence-corrected chi connectivity index (χ4v) is 4.34. The fourth-order valence-electron chi connectivity index (χ4n) is 4.34. The van der Waals surface area contributed by atoms with Crippen molar-refractivity contribution in [3.8, 4) is 0 Å². The fraction of sp³-hybridized carbons (Fsp3) is 0.450. The average Bonchev–Trinajstić information content (AvgIpc) is 2.53. The molecule has 25 heavy (non-hydrogen) atoms. The molecule has 2 fully saturated rings. The minimum absolute atomic E-state index is 0.0428. The molecule has 1 N–H and O–H groups in total. The van der Waals surface area contributed by atoms with Gasteiger partial charge in [-0.3, -0.25) is 9.59 Å². The van der Waals surface area contributed by atoms with Crippen LogP contribution in [0.5, 0.6) is 0 Å². The van der Waals surface area contributed by atoms with E-state index in [1.807, 2.05) is 19.1 Å².